The maximum absolute atomic E-state index is 5.93. The second-order valence-electron chi connectivity index (χ2n) is 4.32. The number of rotatable bonds is 1. The first-order valence-electron chi connectivity index (χ1n) is 5.18. The van der Waals surface area contributed by atoms with Gasteiger partial charge in [0.2, 0.25) is 0 Å². The summed E-state index contributed by atoms with van der Waals surface area (Å²) in [5.74, 6) is 0. The Hall–Kier alpha value is -0.120. The van der Waals surface area contributed by atoms with Crippen LogP contribution in [0.4, 0.5) is 0 Å². The van der Waals surface area contributed by atoms with Gasteiger partial charge in [0.1, 0.15) is 5.60 Å². The molecule has 0 bridgehead atoms. The maximum atomic E-state index is 5.93. The predicted molar refractivity (Wildman–Crippen MR) is 50.8 cm³/mol. The van der Waals surface area contributed by atoms with Crippen molar-refractivity contribution in [2.24, 2.45) is 0 Å². The number of hydrogen-bond acceptors (Lipinski definition) is 3. The molecule has 0 aliphatic carbocycles. The second kappa shape index (κ2) is 3.56. The quantitative estimate of drug-likeness (QED) is 0.605. The molecule has 2 saturated heterocycles. The van der Waals surface area contributed by atoms with Gasteiger partial charge in [-0.15, -0.1) is 0 Å². The molecule has 2 rings (SSSR count). The van der Waals surface area contributed by atoms with Crippen LogP contribution in [0.1, 0.15) is 19.8 Å². The predicted octanol–water partition coefficient (Wildman–Crippen LogP) is 0.886. The number of likely N-dealkylation sites (N-methyl/N-ethyl adjacent to an activating group) is 1. The first kappa shape index (κ1) is 9.44. The van der Waals surface area contributed by atoms with E-state index >= 15 is 0 Å². The van der Waals surface area contributed by atoms with E-state index in [0.29, 0.717) is 6.10 Å². The third-order valence-corrected chi connectivity index (χ3v) is 3.12. The highest BCUT2D eigenvalue weighted by atomic mass is 16.6. The smallest absolute Gasteiger partial charge is 0.105 e. The molecule has 2 fully saturated rings. The van der Waals surface area contributed by atoms with E-state index in [4.69, 9.17) is 9.47 Å². The van der Waals surface area contributed by atoms with Gasteiger partial charge in [-0.2, -0.15) is 0 Å². The van der Waals surface area contributed by atoms with Crippen molar-refractivity contribution < 1.29 is 9.47 Å². The zero-order chi connectivity index (χ0) is 9.31. The Labute approximate surface area is 80.0 Å². The van der Waals surface area contributed by atoms with E-state index in [2.05, 4.69) is 18.9 Å². The average molecular weight is 185 g/mol. The fourth-order valence-corrected chi connectivity index (χ4v) is 2.15. The number of likely N-dealkylation sites (tertiary alicyclic amines) is 1. The van der Waals surface area contributed by atoms with Crippen LogP contribution in [0.15, 0.2) is 0 Å². The van der Waals surface area contributed by atoms with Crippen molar-refractivity contribution in [1.82, 2.24) is 4.90 Å². The minimum Gasteiger partial charge on any atom is -0.373 e. The van der Waals surface area contributed by atoms with Gasteiger partial charge in [0.15, 0.2) is 0 Å². The largest absolute Gasteiger partial charge is 0.373 e. The molecular weight excluding hydrogens is 166 g/mol. The molecule has 2 atom stereocenters. The van der Waals surface area contributed by atoms with E-state index in [9.17, 15) is 0 Å². The van der Waals surface area contributed by atoms with Crippen LogP contribution in [0, 0.1) is 0 Å². The summed E-state index contributed by atoms with van der Waals surface area (Å²) in [5.41, 5.74) is 0.0282. The van der Waals surface area contributed by atoms with Crippen LogP contribution in [-0.2, 0) is 9.47 Å². The lowest BCUT2D eigenvalue weighted by Crippen LogP contribution is -2.48. The van der Waals surface area contributed by atoms with Crippen molar-refractivity contribution in [1.29, 1.82) is 0 Å². The first-order chi connectivity index (χ1) is 6.24. The van der Waals surface area contributed by atoms with Crippen molar-refractivity contribution >= 4 is 0 Å². The summed E-state index contributed by atoms with van der Waals surface area (Å²) in [4.78, 5) is 2.32. The highest BCUT2D eigenvalue weighted by molar-refractivity contribution is 4.93. The molecular formula is C10H19NO2. The molecule has 3 heteroatoms. The summed E-state index contributed by atoms with van der Waals surface area (Å²) in [6.45, 7) is 5.89. The summed E-state index contributed by atoms with van der Waals surface area (Å²) >= 11 is 0. The highest BCUT2D eigenvalue weighted by Crippen LogP contribution is 2.29. The van der Waals surface area contributed by atoms with Gasteiger partial charge >= 0.3 is 0 Å². The standard InChI is InChI=1S/C10H19NO2/c1-3-9-6-13-10(8-12-9)4-5-11(2)7-10/h9H,3-8H2,1-2H3. The zero-order valence-corrected chi connectivity index (χ0v) is 8.58. The lowest BCUT2D eigenvalue weighted by molar-refractivity contribution is -0.184. The molecule has 2 aliphatic heterocycles. The number of ether oxygens (including phenoxy) is 2. The zero-order valence-electron chi connectivity index (χ0n) is 8.58. The van der Waals surface area contributed by atoms with E-state index < -0.39 is 0 Å². The third kappa shape index (κ3) is 1.87. The van der Waals surface area contributed by atoms with Gasteiger partial charge in [-0.05, 0) is 19.9 Å². The minimum atomic E-state index is 0.0282. The van der Waals surface area contributed by atoms with Gasteiger partial charge in [0.05, 0.1) is 19.3 Å². The van der Waals surface area contributed by atoms with Gasteiger partial charge < -0.3 is 14.4 Å². The fraction of sp³-hybridized carbons (Fsp3) is 1.00. The van der Waals surface area contributed by atoms with Gasteiger partial charge in [-0.25, -0.2) is 0 Å². The van der Waals surface area contributed by atoms with E-state index in [1.807, 2.05) is 0 Å². The van der Waals surface area contributed by atoms with Crippen molar-refractivity contribution in [3.8, 4) is 0 Å². The molecule has 0 aromatic carbocycles. The Bertz CT molecular complexity index is 176. The van der Waals surface area contributed by atoms with Crippen molar-refractivity contribution in [2.75, 3.05) is 33.4 Å². The summed E-state index contributed by atoms with van der Waals surface area (Å²) < 4.78 is 11.7. The van der Waals surface area contributed by atoms with Gasteiger partial charge in [0, 0.05) is 13.1 Å². The van der Waals surface area contributed by atoms with E-state index in [1.165, 1.54) is 0 Å². The van der Waals surface area contributed by atoms with Crippen LogP contribution in [0.5, 0.6) is 0 Å². The number of nitrogens with zero attached hydrogens (tertiary/aromatic N) is 1. The van der Waals surface area contributed by atoms with Crippen molar-refractivity contribution in [2.45, 2.75) is 31.5 Å². The van der Waals surface area contributed by atoms with Crippen LogP contribution in [0.25, 0.3) is 0 Å². The van der Waals surface area contributed by atoms with Gasteiger partial charge in [-0.1, -0.05) is 6.92 Å². The summed E-state index contributed by atoms with van der Waals surface area (Å²) in [6.07, 6.45) is 2.52. The molecule has 0 amide bonds. The molecule has 2 unspecified atom stereocenters. The molecule has 0 saturated carbocycles. The Morgan fingerprint density at radius 2 is 2.38 bits per heavy atom. The average Bonchev–Trinajstić information content (AvgIpc) is 2.49. The Kier molecular flexibility index (Phi) is 2.58. The first-order valence-corrected chi connectivity index (χ1v) is 5.18. The normalized spacial score (nSPS) is 41.5. The molecule has 0 radical (unpaired) electrons. The monoisotopic (exact) mass is 185 g/mol. The molecule has 13 heavy (non-hydrogen) atoms. The Balaban J connectivity index is 1.90. The summed E-state index contributed by atoms with van der Waals surface area (Å²) in [6, 6.07) is 0. The van der Waals surface area contributed by atoms with Gasteiger partial charge in [-0.3, -0.25) is 0 Å². The third-order valence-electron chi connectivity index (χ3n) is 3.12. The van der Waals surface area contributed by atoms with Crippen LogP contribution < -0.4 is 0 Å². The van der Waals surface area contributed by atoms with Crippen molar-refractivity contribution in [3.63, 3.8) is 0 Å². The maximum Gasteiger partial charge on any atom is 0.105 e. The molecule has 76 valence electrons. The summed E-state index contributed by atoms with van der Waals surface area (Å²) in [7, 11) is 2.14. The minimum absolute atomic E-state index is 0.0282. The fourth-order valence-electron chi connectivity index (χ4n) is 2.15. The SMILES string of the molecule is CCC1COC2(CCN(C)C2)CO1. The van der Waals surface area contributed by atoms with Crippen LogP contribution in [0.3, 0.4) is 0 Å². The molecule has 0 N–H and O–H groups in total. The highest BCUT2D eigenvalue weighted by Gasteiger charge is 2.41. The molecule has 0 aromatic rings. The molecule has 1 spiro atoms. The van der Waals surface area contributed by atoms with E-state index in [1.54, 1.807) is 0 Å². The Morgan fingerprint density at radius 3 is 2.85 bits per heavy atom. The lowest BCUT2D eigenvalue weighted by Gasteiger charge is -2.37. The van der Waals surface area contributed by atoms with Crippen LogP contribution in [-0.4, -0.2) is 50.0 Å². The van der Waals surface area contributed by atoms with Crippen molar-refractivity contribution in [3.05, 3.63) is 0 Å². The van der Waals surface area contributed by atoms with E-state index in [0.717, 1.165) is 39.1 Å². The molecule has 2 aliphatic rings. The summed E-state index contributed by atoms with van der Waals surface area (Å²) in [5, 5.41) is 0. The molecule has 3 nitrogen and oxygen atoms in total. The lowest BCUT2D eigenvalue weighted by atomic mass is 10.0. The number of hydrogen-bond donors (Lipinski definition) is 0. The Morgan fingerprint density at radius 1 is 1.54 bits per heavy atom. The second-order valence-corrected chi connectivity index (χ2v) is 4.32. The van der Waals surface area contributed by atoms with Gasteiger partial charge in [0.25, 0.3) is 0 Å². The van der Waals surface area contributed by atoms with E-state index in [-0.39, 0.29) is 5.60 Å². The van der Waals surface area contributed by atoms with Crippen LogP contribution >= 0.6 is 0 Å². The molecule has 0 aromatic heterocycles. The topological polar surface area (TPSA) is 21.7 Å². The molecule has 2 heterocycles. The van der Waals surface area contributed by atoms with Crippen LogP contribution in [0.2, 0.25) is 0 Å².